The van der Waals surface area contributed by atoms with Gasteiger partial charge >= 0.3 is 0 Å². The third-order valence-electron chi connectivity index (χ3n) is 1.60. The number of allylic oxidation sites excluding steroid dienone is 4. The van der Waals surface area contributed by atoms with Crippen molar-refractivity contribution in [3.8, 4) is 0 Å². The monoisotopic (exact) mass is 184 g/mol. The van der Waals surface area contributed by atoms with Crippen LogP contribution in [0.2, 0.25) is 0 Å². The van der Waals surface area contributed by atoms with E-state index >= 15 is 0 Å². The van der Waals surface area contributed by atoms with E-state index in [1.54, 1.807) is 14.2 Å². The van der Waals surface area contributed by atoms with Crippen molar-refractivity contribution in [2.45, 2.75) is 33.1 Å². The molecule has 0 aliphatic heterocycles. The van der Waals surface area contributed by atoms with E-state index in [0.717, 1.165) is 24.4 Å². The Balaban J connectivity index is 0.000000424. The fourth-order valence-electron chi connectivity index (χ4n) is 0.939. The zero-order valence-corrected chi connectivity index (χ0v) is 9.09. The molecule has 0 N–H and O–H groups in total. The van der Waals surface area contributed by atoms with Gasteiger partial charge in [0.1, 0.15) is 0 Å². The van der Waals surface area contributed by atoms with Crippen molar-refractivity contribution in [1.82, 2.24) is 0 Å². The van der Waals surface area contributed by atoms with Crippen LogP contribution in [0.15, 0.2) is 23.7 Å². The highest BCUT2D eigenvalue weighted by Crippen LogP contribution is 2.18. The van der Waals surface area contributed by atoms with Crippen molar-refractivity contribution in [3.63, 3.8) is 0 Å². The summed E-state index contributed by atoms with van der Waals surface area (Å²) in [6, 6.07) is 0. The third-order valence-corrected chi connectivity index (χ3v) is 1.60. The van der Waals surface area contributed by atoms with Crippen molar-refractivity contribution in [2.75, 3.05) is 14.2 Å². The lowest BCUT2D eigenvalue weighted by Gasteiger charge is -2.11. The molecule has 0 aromatic carbocycles. The predicted molar refractivity (Wildman–Crippen MR) is 55.4 cm³/mol. The zero-order chi connectivity index (χ0) is 10.1. The Labute approximate surface area is 81.2 Å². The molecule has 0 unspecified atom stereocenters. The minimum atomic E-state index is 0.955. The molecule has 0 spiro atoms. The Morgan fingerprint density at radius 1 is 1.00 bits per heavy atom. The predicted octanol–water partition coefficient (Wildman–Crippen LogP) is 3.26. The summed E-state index contributed by atoms with van der Waals surface area (Å²) in [6.07, 6.45) is 7.05. The van der Waals surface area contributed by atoms with Gasteiger partial charge in [-0.25, -0.2) is 0 Å². The molecule has 0 fully saturated rings. The quantitative estimate of drug-likeness (QED) is 0.655. The standard InChI is InChI=1S/C8H12O2.C3H8/c1-9-7-3-5-8(10-2)6-4-7;1-3-2/h3,5H,4,6H2,1-2H3;3H2,1-2H3. The molecule has 0 radical (unpaired) electrons. The van der Waals surface area contributed by atoms with Crippen LogP contribution in [0.1, 0.15) is 33.1 Å². The Morgan fingerprint density at radius 2 is 1.31 bits per heavy atom. The van der Waals surface area contributed by atoms with Crippen LogP contribution in [0, 0.1) is 0 Å². The number of hydrogen-bond donors (Lipinski definition) is 0. The van der Waals surface area contributed by atoms with E-state index < -0.39 is 0 Å². The first-order valence-electron chi connectivity index (χ1n) is 4.76. The van der Waals surface area contributed by atoms with E-state index in [-0.39, 0.29) is 0 Å². The summed E-state index contributed by atoms with van der Waals surface area (Å²) in [6.45, 7) is 4.25. The smallest absolute Gasteiger partial charge is 0.0961 e. The molecule has 2 heteroatoms. The second-order valence-electron chi connectivity index (χ2n) is 2.88. The lowest BCUT2D eigenvalue weighted by atomic mass is 10.1. The molecule has 0 saturated heterocycles. The van der Waals surface area contributed by atoms with Crippen molar-refractivity contribution in [3.05, 3.63) is 23.7 Å². The van der Waals surface area contributed by atoms with E-state index in [0.29, 0.717) is 0 Å². The third kappa shape index (κ3) is 5.34. The molecule has 0 amide bonds. The second kappa shape index (κ2) is 7.71. The molecule has 0 aromatic rings. The first-order chi connectivity index (χ1) is 6.28. The molecular formula is C11H20O2. The van der Waals surface area contributed by atoms with Gasteiger partial charge in [0, 0.05) is 12.8 Å². The fourth-order valence-corrected chi connectivity index (χ4v) is 0.939. The van der Waals surface area contributed by atoms with Crippen LogP contribution in [0.4, 0.5) is 0 Å². The number of ether oxygens (including phenoxy) is 2. The minimum absolute atomic E-state index is 0.955. The average molecular weight is 184 g/mol. The SMILES string of the molecule is CCC.COC1=CC=C(OC)CC1. The maximum atomic E-state index is 5.04. The van der Waals surface area contributed by atoms with Gasteiger partial charge in [-0.3, -0.25) is 0 Å². The van der Waals surface area contributed by atoms with Crippen LogP contribution in [0.25, 0.3) is 0 Å². The summed E-state index contributed by atoms with van der Waals surface area (Å²) in [5.74, 6) is 2.06. The lowest BCUT2D eigenvalue weighted by Crippen LogP contribution is -1.96. The van der Waals surface area contributed by atoms with Gasteiger partial charge in [-0.2, -0.15) is 0 Å². The first-order valence-corrected chi connectivity index (χ1v) is 4.76. The molecule has 0 atom stereocenters. The molecule has 2 nitrogen and oxygen atoms in total. The maximum Gasteiger partial charge on any atom is 0.0961 e. The van der Waals surface area contributed by atoms with E-state index in [1.165, 1.54) is 6.42 Å². The average Bonchev–Trinajstić information content (AvgIpc) is 2.19. The highest BCUT2D eigenvalue weighted by molar-refractivity contribution is 5.17. The molecule has 0 heterocycles. The van der Waals surface area contributed by atoms with Crippen LogP contribution < -0.4 is 0 Å². The molecule has 1 rings (SSSR count). The van der Waals surface area contributed by atoms with Crippen molar-refractivity contribution < 1.29 is 9.47 Å². The summed E-state index contributed by atoms with van der Waals surface area (Å²) in [5, 5.41) is 0. The van der Waals surface area contributed by atoms with Gasteiger partial charge in [-0.1, -0.05) is 20.3 Å². The molecule has 76 valence electrons. The summed E-state index contributed by atoms with van der Waals surface area (Å²) in [7, 11) is 3.38. The van der Waals surface area contributed by atoms with Crippen LogP contribution in [-0.2, 0) is 9.47 Å². The first kappa shape index (κ1) is 12.1. The number of rotatable bonds is 2. The van der Waals surface area contributed by atoms with Crippen LogP contribution in [-0.4, -0.2) is 14.2 Å². The van der Waals surface area contributed by atoms with E-state index in [4.69, 9.17) is 9.47 Å². The largest absolute Gasteiger partial charge is 0.501 e. The van der Waals surface area contributed by atoms with Gasteiger partial charge in [-0.15, -0.1) is 0 Å². The van der Waals surface area contributed by atoms with Crippen LogP contribution >= 0.6 is 0 Å². The highest BCUT2D eigenvalue weighted by Gasteiger charge is 2.04. The van der Waals surface area contributed by atoms with E-state index in [9.17, 15) is 0 Å². The number of hydrogen-bond acceptors (Lipinski definition) is 2. The minimum Gasteiger partial charge on any atom is -0.501 e. The topological polar surface area (TPSA) is 18.5 Å². The highest BCUT2D eigenvalue weighted by atomic mass is 16.5. The molecular weight excluding hydrogens is 164 g/mol. The van der Waals surface area contributed by atoms with Gasteiger partial charge in [0.05, 0.1) is 25.7 Å². The normalized spacial score (nSPS) is 14.8. The van der Waals surface area contributed by atoms with E-state index in [1.807, 2.05) is 12.2 Å². The zero-order valence-electron chi connectivity index (χ0n) is 9.09. The van der Waals surface area contributed by atoms with Crippen molar-refractivity contribution in [2.24, 2.45) is 0 Å². The van der Waals surface area contributed by atoms with Gasteiger partial charge in [-0.05, 0) is 12.2 Å². The van der Waals surface area contributed by atoms with Gasteiger partial charge in [0.15, 0.2) is 0 Å². The Bertz CT molecular complexity index is 161. The summed E-state index contributed by atoms with van der Waals surface area (Å²) >= 11 is 0. The molecule has 0 aromatic heterocycles. The molecule has 1 aliphatic rings. The van der Waals surface area contributed by atoms with Gasteiger partial charge in [0.2, 0.25) is 0 Å². The summed E-state index contributed by atoms with van der Waals surface area (Å²) in [4.78, 5) is 0. The number of methoxy groups -OCH3 is 2. The maximum absolute atomic E-state index is 5.04. The van der Waals surface area contributed by atoms with Crippen LogP contribution in [0.3, 0.4) is 0 Å². The van der Waals surface area contributed by atoms with Crippen molar-refractivity contribution in [1.29, 1.82) is 0 Å². The Kier molecular flexibility index (Phi) is 7.17. The van der Waals surface area contributed by atoms with Gasteiger partial charge < -0.3 is 9.47 Å². The fraction of sp³-hybridized carbons (Fsp3) is 0.636. The molecule has 13 heavy (non-hydrogen) atoms. The molecule has 0 saturated carbocycles. The lowest BCUT2D eigenvalue weighted by molar-refractivity contribution is 0.244. The van der Waals surface area contributed by atoms with Gasteiger partial charge in [0.25, 0.3) is 0 Å². The van der Waals surface area contributed by atoms with Crippen LogP contribution in [0.5, 0.6) is 0 Å². The summed E-state index contributed by atoms with van der Waals surface area (Å²) < 4.78 is 10.1. The Hall–Kier alpha value is -0.920. The summed E-state index contributed by atoms with van der Waals surface area (Å²) in [5.41, 5.74) is 0. The molecule has 1 aliphatic carbocycles. The molecule has 0 bridgehead atoms. The second-order valence-corrected chi connectivity index (χ2v) is 2.88. The Morgan fingerprint density at radius 3 is 1.46 bits per heavy atom. The van der Waals surface area contributed by atoms with Crippen molar-refractivity contribution >= 4 is 0 Å². The van der Waals surface area contributed by atoms with E-state index in [2.05, 4.69) is 13.8 Å².